The number of benzene rings is 1. The van der Waals surface area contributed by atoms with E-state index in [9.17, 15) is 0 Å². The Bertz CT molecular complexity index is 697. The van der Waals surface area contributed by atoms with Gasteiger partial charge in [-0.25, -0.2) is 4.98 Å². The first-order chi connectivity index (χ1) is 8.65. The van der Waals surface area contributed by atoms with Crippen LogP contribution in [0.2, 0.25) is 0 Å². The molecule has 3 aromatic rings. The third kappa shape index (κ3) is 1.91. The molecular weight excluding hydrogens is 260 g/mol. The van der Waals surface area contributed by atoms with E-state index < -0.39 is 0 Å². The summed E-state index contributed by atoms with van der Waals surface area (Å²) >= 11 is 3.38. The van der Waals surface area contributed by atoms with E-state index in [4.69, 9.17) is 5.73 Å². The largest absolute Gasteiger partial charge is 0.375 e. The first-order valence-electron chi connectivity index (χ1n) is 5.85. The monoisotopic (exact) mass is 274 g/mol. The molecule has 18 heavy (non-hydrogen) atoms. The molecule has 92 valence electrons. The van der Waals surface area contributed by atoms with Gasteiger partial charge < -0.3 is 5.73 Å². The maximum atomic E-state index is 5.78. The van der Waals surface area contributed by atoms with Crippen LogP contribution in [0.3, 0.4) is 0 Å². The highest BCUT2D eigenvalue weighted by Crippen LogP contribution is 2.34. The van der Waals surface area contributed by atoms with Crippen LogP contribution in [0.4, 0.5) is 5.13 Å². The minimum atomic E-state index is 0.351. The van der Waals surface area contributed by atoms with E-state index in [1.165, 1.54) is 20.5 Å². The summed E-state index contributed by atoms with van der Waals surface area (Å²) in [6.07, 6.45) is 0. The molecule has 1 unspecified atom stereocenters. The number of aryl methyl sites for hydroxylation is 1. The van der Waals surface area contributed by atoms with Gasteiger partial charge in [-0.15, -0.1) is 22.7 Å². The van der Waals surface area contributed by atoms with Crippen molar-refractivity contribution in [1.29, 1.82) is 0 Å². The Morgan fingerprint density at radius 1 is 1.28 bits per heavy atom. The molecule has 0 spiro atoms. The van der Waals surface area contributed by atoms with Crippen molar-refractivity contribution < 1.29 is 0 Å². The van der Waals surface area contributed by atoms with Gasteiger partial charge in [0.15, 0.2) is 5.13 Å². The fourth-order valence-electron chi connectivity index (χ4n) is 2.24. The van der Waals surface area contributed by atoms with Crippen LogP contribution >= 0.6 is 22.7 Å². The first kappa shape index (κ1) is 11.7. The summed E-state index contributed by atoms with van der Waals surface area (Å²) in [6, 6.07) is 8.85. The number of thiazole rings is 1. The van der Waals surface area contributed by atoms with Crippen molar-refractivity contribution in [2.24, 2.45) is 0 Å². The average Bonchev–Trinajstić information content (AvgIpc) is 2.93. The summed E-state index contributed by atoms with van der Waals surface area (Å²) in [6.45, 7) is 4.25. The van der Waals surface area contributed by atoms with Gasteiger partial charge in [0.25, 0.3) is 0 Å². The summed E-state index contributed by atoms with van der Waals surface area (Å²) in [5.41, 5.74) is 8.16. The lowest BCUT2D eigenvalue weighted by molar-refractivity contribution is 0.929. The second kappa shape index (κ2) is 4.37. The second-order valence-electron chi connectivity index (χ2n) is 4.44. The lowest BCUT2D eigenvalue weighted by Gasteiger charge is -2.10. The van der Waals surface area contributed by atoms with E-state index in [1.807, 2.05) is 6.92 Å². The van der Waals surface area contributed by atoms with Gasteiger partial charge >= 0.3 is 0 Å². The number of anilines is 1. The molecule has 2 heterocycles. The molecule has 1 atom stereocenters. The molecular formula is C14H14N2S2. The molecule has 0 aliphatic carbocycles. The van der Waals surface area contributed by atoms with Crippen molar-refractivity contribution in [2.75, 3.05) is 5.73 Å². The van der Waals surface area contributed by atoms with Gasteiger partial charge in [0.2, 0.25) is 0 Å². The SMILES string of the molecule is Cc1nc(N)sc1C(C)c1ccc2sccc2c1. The van der Waals surface area contributed by atoms with E-state index in [0.29, 0.717) is 11.0 Å². The van der Waals surface area contributed by atoms with Gasteiger partial charge in [0.05, 0.1) is 5.69 Å². The highest BCUT2D eigenvalue weighted by molar-refractivity contribution is 7.17. The van der Waals surface area contributed by atoms with Crippen molar-refractivity contribution in [3.8, 4) is 0 Å². The predicted molar refractivity (Wildman–Crippen MR) is 80.6 cm³/mol. The lowest BCUT2D eigenvalue weighted by Crippen LogP contribution is -1.95. The van der Waals surface area contributed by atoms with Crippen molar-refractivity contribution >= 4 is 37.9 Å². The predicted octanol–water partition coefficient (Wildman–Crippen LogP) is 4.40. The highest BCUT2D eigenvalue weighted by atomic mass is 32.1. The summed E-state index contributed by atoms with van der Waals surface area (Å²) < 4.78 is 1.34. The lowest BCUT2D eigenvalue weighted by atomic mass is 9.98. The van der Waals surface area contributed by atoms with E-state index in [-0.39, 0.29) is 0 Å². The van der Waals surface area contributed by atoms with Crippen LogP contribution in [0.1, 0.15) is 29.0 Å². The molecule has 0 saturated heterocycles. The van der Waals surface area contributed by atoms with E-state index in [2.05, 4.69) is 41.6 Å². The average molecular weight is 274 g/mol. The molecule has 0 bridgehead atoms. The molecule has 3 rings (SSSR count). The molecule has 2 aromatic heterocycles. The number of nitrogen functional groups attached to an aromatic ring is 1. The molecule has 1 aromatic carbocycles. The van der Waals surface area contributed by atoms with Gasteiger partial charge in [-0.1, -0.05) is 13.0 Å². The van der Waals surface area contributed by atoms with Crippen LogP contribution in [0.5, 0.6) is 0 Å². The van der Waals surface area contributed by atoms with Gasteiger partial charge in [-0.2, -0.15) is 0 Å². The molecule has 2 N–H and O–H groups in total. The van der Waals surface area contributed by atoms with Crippen LogP contribution in [0.25, 0.3) is 10.1 Å². The number of fused-ring (bicyclic) bond motifs is 1. The molecule has 0 radical (unpaired) electrons. The molecule has 2 nitrogen and oxygen atoms in total. The normalized spacial score (nSPS) is 13.0. The number of nitrogens with two attached hydrogens (primary N) is 1. The molecule has 0 saturated carbocycles. The topological polar surface area (TPSA) is 38.9 Å². The second-order valence-corrected chi connectivity index (χ2v) is 6.45. The first-order valence-corrected chi connectivity index (χ1v) is 7.54. The van der Waals surface area contributed by atoms with Crippen LogP contribution in [0.15, 0.2) is 29.6 Å². The van der Waals surface area contributed by atoms with E-state index >= 15 is 0 Å². The summed E-state index contributed by atoms with van der Waals surface area (Å²) in [4.78, 5) is 5.57. The summed E-state index contributed by atoms with van der Waals surface area (Å²) in [7, 11) is 0. The van der Waals surface area contributed by atoms with Crippen LogP contribution < -0.4 is 5.73 Å². The number of rotatable bonds is 2. The Kier molecular flexibility index (Phi) is 2.84. The number of thiophene rings is 1. The van der Waals surface area contributed by atoms with Crippen molar-refractivity contribution in [3.05, 3.63) is 45.8 Å². The minimum Gasteiger partial charge on any atom is -0.375 e. The highest BCUT2D eigenvalue weighted by Gasteiger charge is 2.15. The third-order valence-corrected chi connectivity index (χ3v) is 5.29. The minimum absolute atomic E-state index is 0.351. The summed E-state index contributed by atoms with van der Waals surface area (Å²) in [5, 5.41) is 4.11. The number of hydrogen-bond donors (Lipinski definition) is 1. The Balaban J connectivity index is 2.05. The van der Waals surface area contributed by atoms with Gasteiger partial charge in [-0.3, -0.25) is 0 Å². The van der Waals surface area contributed by atoms with Crippen molar-refractivity contribution in [3.63, 3.8) is 0 Å². The van der Waals surface area contributed by atoms with Crippen LogP contribution in [-0.2, 0) is 0 Å². The van der Waals surface area contributed by atoms with Crippen LogP contribution in [0, 0.1) is 6.92 Å². The molecule has 0 fully saturated rings. The molecule has 0 aliphatic rings. The van der Waals surface area contributed by atoms with Crippen LogP contribution in [-0.4, -0.2) is 4.98 Å². The number of nitrogens with zero attached hydrogens (tertiary/aromatic N) is 1. The molecule has 0 amide bonds. The van der Waals surface area contributed by atoms with Gasteiger partial charge in [-0.05, 0) is 41.5 Å². The Morgan fingerprint density at radius 3 is 2.83 bits per heavy atom. The maximum Gasteiger partial charge on any atom is 0.180 e. The maximum absolute atomic E-state index is 5.78. The Morgan fingerprint density at radius 2 is 2.11 bits per heavy atom. The van der Waals surface area contributed by atoms with E-state index in [0.717, 1.165) is 5.69 Å². The standard InChI is InChI=1S/C14H14N2S2/c1-8(13-9(2)16-14(15)18-13)10-3-4-12-11(7-10)5-6-17-12/h3-8H,1-2H3,(H2,15,16). The number of aromatic nitrogens is 1. The smallest absolute Gasteiger partial charge is 0.180 e. The molecule has 0 aliphatic heterocycles. The zero-order valence-corrected chi connectivity index (χ0v) is 11.9. The zero-order chi connectivity index (χ0) is 12.7. The fourth-order valence-corrected chi connectivity index (χ4v) is 3.92. The van der Waals surface area contributed by atoms with Crippen molar-refractivity contribution in [2.45, 2.75) is 19.8 Å². The molecule has 4 heteroatoms. The number of hydrogen-bond acceptors (Lipinski definition) is 4. The Hall–Kier alpha value is -1.39. The zero-order valence-electron chi connectivity index (χ0n) is 10.3. The van der Waals surface area contributed by atoms with Gasteiger partial charge in [0, 0.05) is 15.5 Å². The fraction of sp³-hybridized carbons (Fsp3) is 0.214. The quantitative estimate of drug-likeness (QED) is 0.752. The van der Waals surface area contributed by atoms with Crippen molar-refractivity contribution in [1.82, 2.24) is 4.98 Å². The van der Waals surface area contributed by atoms with E-state index in [1.54, 1.807) is 22.7 Å². The third-order valence-electron chi connectivity index (χ3n) is 3.22. The van der Waals surface area contributed by atoms with Gasteiger partial charge in [0.1, 0.15) is 0 Å². The summed E-state index contributed by atoms with van der Waals surface area (Å²) in [5.74, 6) is 0.351. The Labute approximate surface area is 114 Å².